The van der Waals surface area contributed by atoms with Gasteiger partial charge in [0, 0.05) is 6.54 Å². The Labute approximate surface area is 200 Å². The monoisotopic (exact) mass is 480 g/mol. The molecule has 0 aliphatic rings. The summed E-state index contributed by atoms with van der Waals surface area (Å²) >= 11 is 12.1. The molecule has 9 heteroatoms. The number of benzene rings is 2. The Balaban J connectivity index is 1.83. The zero-order valence-electron chi connectivity index (χ0n) is 18.3. The van der Waals surface area contributed by atoms with Crippen molar-refractivity contribution in [3.8, 4) is 11.1 Å². The highest BCUT2D eigenvalue weighted by atomic mass is 35.5. The second-order valence-corrected chi connectivity index (χ2v) is 9.17. The Kier molecular flexibility index (Phi) is 10.5. The van der Waals surface area contributed by atoms with Crippen LogP contribution >= 0.6 is 23.2 Å². The predicted octanol–water partition coefficient (Wildman–Crippen LogP) is 4.30. The second-order valence-electron chi connectivity index (χ2n) is 8.35. The molecule has 6 nitrogen and oxygen atoms in total. The summed E-state index contributed by atoms with van der Waals surface area (Å²) in [5.74, 6) is -1.01. The molecule has 0 radical (unpaired) electrons. The Hall–Kier alpha value is -1.61. The van der Waals surface area contributed by atoms with Crippen molar-refractivity contribution in [3.63, 3.8) is 0 Å². The smallest absolute Gasteiger partial charge is 0.451 e. The minimum atomic E-state index is -1.36. The van der Waals surface area contributed by atoms with Crippen molar-refractivity contribution < 1.29 is 19.9 Å². The van der Waals surface area contributed by atoms with Crippen LogP contribution in [0, 0.1) is 0 Å². The maximum atomic E-state index is 11.7. The molecule has 1 unspecified atom stereocenters. The molecule has 2 aromatic rings. The quantitative estimate of drug-likeness (QED) is 0.251. The van der Waals surface area contributed by atoms with Crippen LogP contribution in [0.4, 0.5) is 0 Å². The summed E-state index contributed by atoms with van der Waals surface area (Å²) in [4.78, 5) is 13.8. The lowest BCUT2D eigenvalue weighted by Crippen LogP contribution is -2.48. The average Bonchev–Trinajstić information content (AvgIpc) is 2.73. The van der Waals surface area contributed by atoms with Crippen LogP contribution in [0.25, 0.3) is 11.1 Å². The van der Waals surface area contributed by atoms with E-state index in [0.29, 0.717) is 42.1 Å². The first-order valence-electron chi connectivity index (χ1n) is 10.7. The van der Waals surface area contributed by atoms with E-state index in [9.17, 15) is 9.90 Å². The minimum absolute atomic E-state index is 0.224. The third-order valence-corrected chi connectivity index (χ3v) is 6.32. The summed E-state index contributed by atoms with van der Waals surface area (Å²) in [6.45, 7) is 1.46. The molecule has 174 valence electrons. The highest BCUT2D eigenvalue weighted by Gasteiger charge is 2.32. The van der Waals surface area contributed by atoms with E-state index in [1.165, 1.54) is 0 Å². The van der Waals surface area contributed by atoms with Crippen LogP contribution in [-0.2, 0) is 11.3 Å². The Morgan fingerprint density at radius 1 is 1.00 bits per heavy atom. The Morgan fingerprint density at radius 3 is 2.22 bits per heavy atom. The number of rotatable bonds is 13. The summed E-state index contributed by atoms with van der Waals surface area (Å²) in [5.41, 5.74) is 8.04. The third-order valence-electron chi connectivity index (χ3n) is 5.58. The molecule has 0 saturated carbocycles. The molecule has 5 N–H and O–H groups in total. The van der Waals surface area contributed by atoms with E-state index in [4.69, 9.17) is 39.0 Å². The number of hydrogen-bond donors (Lipinski definition) is 4. The number of carboxylic acid groups (broad SMARTS) is 1. The van der Waals surface area contributed by atoms with E-state index in [-0.39, 0.29) is 6.32 Å². The third kappa shape index (κ3) is 8.39. The highest BCUT2D eigenvalue weighted by Crippen LogP contribution is 2.28. The molecule has 1 atom stereocenters. The fourth-order valence-electron chi connectivity index (χ4n) is 3.64. The van der Waals surface area contributed by atoms with Crippen LogP contribution in [0.2, 0.25) is 16.4 Å². The molecule has 2 aromatic carbocycles. The second kappa shape index (κ2) is 12.6. The fourth-order valence-corrected chi connectivity index (χ4v) is 3.94. The van der Waals surface area contributed by atoms with Crippen LogP contribution in [0.15, 0.2) is 42.5 Å². The summed E-state index contributed by atoms with van der Waals surface area (Å²) in [5, 5.41) is 28.4. The molecule has 0 fully saturated rings. The standard InChI is InChI=1S/C23H31BCl2N2O4/c1-28(14-4-12-23(27,22(29)30)11-2-3-13-24(31)32)16-17-5-7-18(8-6-17)19-9-10-20(25)21(26)15-19/h5-10,15,31-32H,2-4,11-14,16,27H2,1H3,(H,29,30). The van der Waals surface area contributed by atoms with Gasteiger partial charge in [-0.15, -0.1) is 0 Å². The van der Waals surface area contributed by atoms with Crippen molar-refractivity contribution in [1.29, 1.82) is 0 Å². The zero-order valence-corrected chi connectivity index (χ0v) is 19.8. The van der Waals surface area contributed by atoms with E-state index in [0.717, 1.165) is 29.8 Å². The Bertz CT molecular complexity index is 883. The van der Waals surface area contributed by atoms with Crippen LogP contribution < -0.4 is 5.73 Å². The largest absolute Gasteiger partial charge is 0.480 e. The molecule has 0 spiro atoms. The first-order valence-corrected chi connectivity index (χ1v) is 11.5. The predicted molar refractivity (Wildman–Crippen MR) is 131 cm³/mol. The fraction of sp³-hybridized carbons (Fsp3) is 0.435. The van der Waals surface area contributed by atoms with Gasteiger partial charge in [0.1, 0.15) is 5.54 Å². The number of unbranched alkanes of at least 4 members (excludes halogenated alkanes) is 1. The van der Waals surface area contributed by atoms with Gasteiger partial charge in [-0.25, -0.2) is 0 Å². The van der Waals surface area contributed by atoms with E-state index in [1.807, 2.05) is 31.3 Å². The highest BCUT2D eigenvalue weighted by molar-refractivity contribution is 6.42. The van der Waals surface area contributed by atoms with Crippen molar-refractivity contribution in [2.24, 2.45) is 5.73 Å². The van der Waals surface area contributed by atoms with E-state index < -0.39 is 18.6 Å². The van der Waals surface area contributed by atoms with Gasteiger partial charge in [-0.3, -0.25) is 4.79 Å². The van der Waals surface area contributed by atoms with Crippen LogP contribution in [0.1, 0.15) is 37.7 Å². The van der Waals surface area contributed by atoms with Crippen molar-refractivity contribution in [2.75, 3.05) is 13.6 Å². The maximum absolute atomic E-state index is 11.7. The molecule has 0 aliphatic carbocycles. The van der Waals surface area contributed by atoms with E-state index in [1.54, 1.807) is 6.07 Å². The number of aliphatic carboxylic acids is 1. The van der Waals surface area contributed by atoms with Crippen molar-refractivity contribution in [2.45, 2.75) is 50.5 Å². The van der Waals surface area contributed by atoms with Gasteiger partial charge in [-0.1, -0.05) is 66.4 Å². The molecular formula is C23H31BCl2N2O4. The van der Waals surface area contributed by atoms with Gasteiger partial charge >= 0.3 is 13.1 Å². The van der Waals surface area contributed by atoms with Gasteiger partial charge in [-0.2, -0.15) is 0 Å². The van der Waals surface area contributed by atoms with Crippen LogP contribution in [0.3, 0.4) is 0 Å². The normalized spacial score (nSPS) is 13.2. The van der Waals surface area contributed by atoms with Crippen molar-refractivity contribution >= 4 is 36.3 Å². The number of halogens is 2. The summed E-state index contributed by atoms with van der Waals surface area (Å²) in [6.07, 6.45) is 2.63. The number of carbonyl (C=O) groups is 1. The lowest BCUT2D eigenvalue weighted by molar-refractivity contribution is -0.144. The summed E-state index contributed by atoms with van der Waals surface area (Å²) < 4.78 is 0. The molecular weight excluding hydrogens is 450 g/mol. The molecule has 0 aromatic heterocycles. The van der Waals surface area contributed by atoms with Crippen molar-refractivity contribution in [3.05, 3.63) is 58.1 Å². The van der Waals surface area contributed by atoms with Crippen LogP contribution in [-0.4, -0.2) is 52.3 Å². The molecule has 0 bridgehead atoms. The summed E-state index contributed by atoms with van der Waals surface area (Å²) in [7, 11) is 0.632. The van der Waals surface area contributed by atoms with E-state index >= 15 is 0 Å². The molecule has 2 rings (SSSR count). The first-order chi connectivity index (χ1) is 15.1. The van der Waals surface area contributed by atoms with Gasteiger partial charge < -0.3 is 25.8 Å². The van der Waals surface area contributed by atoms with Gasteiger partial charge in [0.05, 0.1) is 10.0 Å². The lowest BCUT2D eigenvalue weighted by Gasteiger charge is -2.26. The Morgan fingerprint density at radius 2 is 1.62 bits per heavy atom. The maximum Gasteiger partial charge on any atom is 0.451 e. The van der Waals surface area contributed by atoms with Crippen molar-refractivity contribution in [1.82, 2.24) is 4.90 Å². The summed E-state index contributed by atoms with van der Waals surface area (Å²) in [6, 6.07) is 13.8. The molecule has 0 aliphatic heterocycles. The lowest BCUT2D eigenvalue weighted by atomic mass is 9.81. The molecule has 0 saturated heterocycles. The van der Waals surface area contributed by atoms with Gasteiger partial charge in [0.15, 0.2) is 0 Å². The minimum Gasteiger partial charge on any atom is -0.480 e. The topological polar surface area (TPSA) is 107 Å². The average molecular weight is 481 g/mol. The van der Waals surface area contributed by atoms with E-state index in [2.05, 4.69) is 17.0 Å². The van der Waals surface area contributed by atoms with Crippen LogP contribution in [0.5, 0.6) is 0 Å². The number of hydrogen-bond acceptors (Lipinski definition) is 5. The first kappa shape index (κ1) is 26.6. The van der Waals surface area contributed by atoms with Gasteiger partial charge in [-0.05, 0) is 68.0 Å². The number of nitrogens with zero attached hydrogens (tertiary/aromatic N) is 1. The van der Waals surface area contributed by atoms with Gasteiger partial charge in [0.25, 0.3) is 0 Å². The SMILES string of the molecule is CN(CCCC(N)(CCCCB(O)O)C(=O)O)Cc1ccc(-c2ccc(Cl)c(Cl)c2)cc1. The molecule has 32 heavy (non-hydrogen) atoms. The van der Waals surface area contributed by atoms with Gasteiger partial charge in [0.2, 0.25) is 0 Å². The molecule has 0 heterocycles. The molecule has 0 amide bonds. The zero-order chi connectivity index (χ0) is 23.7. The number of nitrogens with two attached hydrogens (primary N) is 1. The number of carboxylic acids is 1.